The van der Waals surface area contributed by atoms with Gasteiger partial charge < -0.3 is 10.1 Å². The summed E-state index contributed by atoms with van der Waals surface area (Å²) in [5.74, 6) is -0.332. The molecule has 0 aliphatic heterocycles. The first-order valence-electron chi connectivity index (χ1n) is 3.09. The summed E-state index contributed by atoms with van der Waals surface area (Å²) in [6.07, 6.45) is 1.10. The van der Waals surface area contributed by atoms with Gasteiger partial charge in [-0.1, -0.05) is 6.58 Å². The lowest BCUT2D eigenvalue weighted by Gasteiger charge is -2.06. The van der Waals surface area contributed by atoms with E-state index in [1.54, 1.807) is 14.0 Å². The lowest BCUT2D eigenvalue weighted by molar-refractivity contribution is 0.200. The monoisotopic (exact) mass is 145 g/mol. The van der Waals surface area contributed by atoms with Crippen LogP contribution in [0.5, 0.6) is 0 Å². The first-order valence-corrected chi connectivity index (χ1v) is 3.09. The Balaban J connectivity index is 4.13. The molecule has 2 nitrogen and oxygen atoms in total. The lowest BCUT2D eigenvalue weighted by Crippen LogP contribution is -2.10. The fraction of sp³-hybridized carbons (Fsp3) is 0.429. The molecule has 1 N–H and O–H groups in total. The van der Waals surface area contributed by atoms with Crippen LogP contribution in [0.15, 0.2) is 24.4 Å². The molecule has 0 bridgehead atoms. The van der Waals surface area contributed by atoms with Gasteiger partial charge in [0.15, 0.2) is 5.83 Å². The Bertz CT molecular complexity index is 143. The first-order chi connectivity index (χ1) is 4.76. The van der Waals surface area contributed by atoms with Crippen molar-refractivity contribution in [2.45, 2.75) is 6.92 Å². The van der Waals surface area contributed by atoms with Crippen LogP contribution in [0.4, 0.5) is 4.39 Å². The molecule has 0 aliphatic rings. The Labute approximate surface area is 60.4 Å². The Morgan fingerprint density at radius 3 is 2.70 bits per heavy atom. The zero-order valence-corrected chi connectivity index (χ0v) is 6.28. The fourth-order valence-corrected chi connectivity index (χ4v) is 0.498. The van der Waals surface area contributed by atoms with Crippen molar-refractivity contribution in [3.63, 3.8) is 0 Å². The molecule has 0 aliphatic carbocycles. The van der Waals surface area contributed by atoms with E-state index in [4.69, 9.17) is 4.74 Å². The van der Waals surface area contributed by atoms with E-state index in [1.165, 1.54) is 0 Å². The molecule has 0 atom stereocenters. The molecular formula is C7H12FNO. The summed E-state index contributed by atoms with van der Waals surface area (Å²) in [5, 5.41) is 2.56. The number of halogens is 1. The van der Waals surface area contributed by atoms with Crippen molar-refractivity contribution in [2.24, 2.45) is 0 Å². The molecule has 0 saturated carbocycles. The molecule has 3 heteroatoms. The Morgan fingerprint density at radius 1 is 1.80 bits per heavy atom. The van der Waals surface area contributed by atoms with Crippen molar-refractivity contribution in [2.75, 3.05) is 13.7 Å². The summed E-state index contributed by atoms with van der Waals surface area (Å²) in [7, 11) is 1.59. The van der Waals surface area contributed by atoms with Crippen molar-refractivity contribution >= 4 is 0 Å². The number of ether oxygens (including phenoxy) is 1. The van der Waals surface area contributed by atoms with Gasteiger partial charge in [-0.2, -0.15) is 0 Å². The van der Waals surface area contributed by atoms with Gasteiger partial charge >= 0.3 is 0 Å². The highest BCUT2D eigenvalue weighted by atomic mass is 19.1. The lowest BCUT2D eigenvalue weighted by atomic mass is 10.5. The number of hydrogen-bond donors (Lipinski definition) is 1. The second-order valence-electron chi connectivity index (χ2n) is 1.56. The van der Waals surface area contributed by atoms with Gasteiger partial charge in [0.1, 0.15) is 0 Å². The summed E-state index contributed by atoms with van der Waals surface area (Å²) in [4.78, 5) is 0. The highest BCUT2D eigenvalue weighted by Gasteiger charge is 1.99. The second kappa shape index (κ2) is 4.85. The smallest absolute Gasteiger partial charge is 0.223 e. The normalized spacial score (nSPS) is 11.9. The third-order valence-corrected chi connectivity index (χ3v) is 0.912. The van der Waals surface area contributed by atoms with Gasteiger partial charge in [0.2, 0.25) is 5.88 Å². The highest BCUT2D eigenvalue weighted by Crippen LogP contribution is 2.04. The van der Waals surface area contributed by atoms with Gasteiger partial charge in [0.05, 0.1) is 6.61 Å². The predicted molar refractivity (Wildman–Crippen MR) is 39.0 cm³/mol. The van der Waals surface area contributed by atoms with Crippen molar-refractivity contribution in [1.82, 2.24) is 5.32 Å². The average molecular weight is 145 g/mol. The summed E-state index contributed by atoms with van der Waals surface area (Å²) in [6.45, 7) is 5.49. The summed E-state index contributed by atoms with van der Waals surface area (Å²) < 4.78 is 17.4. The summed E-state index contributed by atoms with van der Waals surface area (Å²) in [6, 6.07) is 0. The van der Waals surface area contributed by atoms with Crippen LogP contribution >= 0.6 is 0 Å². The standard InChI is InChI=1S/C7H12FNO/c1-4-6(8)7(9-3)10-5-2/h4,9H,1,5H2,2-3H3/b7-6+. The van der Waals surface area contributed by atoms with E-state index in [2.05, 4.69) is 11.9 Å². The molecule has 0 radical (unpaired) electrons. The molecule has 0 aromatic heterocycles. The predicted octanol–water partition coefficient (Wildman–Crippen LogP) is 1.57. The van der Waals surface area contributed by atoms with Crippen LogP contribution in [-0.4, -0.2) is 13.7 Å². The maximum atomic E-state index is 12.6. The van der Waals surface area contributed by atoms with Gasteiger partial charge in [0, 0.05) is 7.05 Å². The maximum absolute atomic E-state index is 12.6. The molecule has 58 valence electrons. The van der Waals surface area contributed by atoms with Crippen molar-refractivity contribution in [3.8, 4) is 0 Å². The molecule has 0 heterocycles. The van der Waals surface area contributed by atoms with Crippen molar-refractivity contribution in [3.05, 3.63) is 24.4 Å². The number of nitrogens with one attached hydrogen (secondary N) is 1. The highest BCUT2D eigenvalue weighted by molar-refractivity contribution is 5.10. The van der Waals surface area contributed by atoms with Crippen molar-refractivity contribution < 1.29 is 9.13 Å². The molecule has 0 spiro atoms. The van der Waals surface area contributed by atoms with Crippen LogP contribution in [0.25, 0.3) is 0 Å². The third kappa shape index (κ3) is 2.53. The van der Waals surface area contributed by atoms with E-state index in [0.717, 1.165) is 6.08 Å². The minimum Gasteiger partial charge on any atom is -0.477 e. The molecule has 0 fully saturated rings. The zero-order chi connectivity index (χ0) is 7.98. The maximum Gasteiger partial charge on any atom is 0.223 e. The van der Waals surface area contributed by atoms with Crippen LogP contribution < -0.4 is 5.32 Å². The molecule has 0 unspecified atom stereocenters. The van der Waals surface area contributed by atoms with Gasteiger partial charge in [-0.3, -0.25) is 0 Å². The number of rotatable bonds is 4. The second-order valence-corrected chi connectivity index (χ2v) is 1.56. The molecule has 0 aromatic carbocycles. The van der Waals surface area contributed by atoms with Crippen LogP contribution in [0.3, 0.4) is 0 Å². The van der Waals surface area contributed by atoms with E-state index in [0.29, 0.717) is 6.61 Å². The van der Waals surface area contributed by atoms with Crippen LogP contribution in [0.1, 0.15) is 6.92 Å². The Hall–Kier alpha value is -0.990. The van der Waals surface area contributed by atoms with E-state index in [1.807, 2.05) is 0 Å². The minimum atomic E-state index is -0.468. The van der Waals surface area contributed by atoms with E-state index >= 15 is 0 Å². The van der Waals surface area contributed by atoms with Gasteiger partial charge in [-0.25, -0.2) is 4.39 Å². The molecule has 0 saturated heterocycles. The van der Waals surface area contributed by atoms with Gasteiger partial charge in [-0.15, -0.1) is 0 Å². The number of hydrogen-bond acceptors (Lipinski definition) is 2. The third-order valence-electron chi connectivity index (χ3n) is 0.912. The van der Waals surface area contributed by atoms with E-state index < -0.39 is 5.83 Å². The molecular weight excluding hydrogens is 133 g/mol. The van der Waals surface area contributed by atoms with Crippen LogP contribution in [0, 0.1) is 0 Å². The zero-order valence-electron chi connectivity index (χ0n) is 6.28. The van der Waals surface area contributed by atoms with Gasteiger partial charge in [-0.05, 0) is 13.0 Å². The van der Waals surface area contributed by atoms with E-state index in [9.17, 15) is 4.39 Å². The van der Waals surface area contributed by atoms with Crippen LogP contribution in [0.2, 0.25) is 0 Å². The quantitative estimate of drug-likeness (QED) is 0.479. The number of allylic oxidation sites excluding steroid dienone is 2. The SMILES string of the molecule is C=C/C(F)=C(/NC)OCC. The van der Waals surface area contributed by atoms with Crippen LogP contribution in [-0.2, 0) is 4.74 Å². The first kappa shape index (κ1) is 9.01. The minimum absolute atomic E-state index is 0.137. The molecule has 0 aromatic rings. The Kier molecular flexibility index (Phi) is 4.37. The average Bonchev–Trinajstić information content (AvgIpc) is 1.99. The molecule has 0 rings (SSSR count). The largest absolute Gasteiger partial charge is 0.477 e. The molecule has 0 amide bonds. The molecule has 10 heavy (non-hydrogen) atoms. The summed E-state index contributed by atoms with van der Waals surface area (Å²) >= 11 is 0. The van der Waals surface area contributed by atoms with Crippen molar-refractivity contribution in [1.29, 1.82) is 0 Å². The summed E-state index contributed by atoms with van der Waals surface area (Å²) in [5.41, 5.74) is 0. The topological polar surface area (TPSA) is 21.3 Å². The van der Waals surface area contributed by atoms with E-state index in [-0.39, 0.29) is 5.88 Å². The van der Waals surface area contributed by atoms with Gasteiger partial charge in [0.25, 0.3) is 0 Å². The Morgan fingerprint density at radius 2 is 2.40 bits per heavy atom. The fourth-order valence-electron chi connectivity index (χ4n) is 0.498.